The number of esters is 1. The number of ether oxygens (including phenoxy) is 1. The number of aromatic nitrogens is 1. The zero-order chi connectivity index (χ0) is 12.8. The molecule has 0 bridgehead atoms. The summed E-state index contributed by atoms with van der Waals surface area (Å²) in [7, 11) is 0. The van der Waals surface area contributed by atoms with Crippen LogP contribution in [0.25, 0.3) is 0 Å². The molecule has 0 spiro atoms. The van der Waals surface area contributed by atoms with E-state index in [1.54, 1.807) is 6.92 Å². The van der Waals surface area contributed by atoms with E-state index in [9.17, 15) is 4.79 Å². The maximum absolute atomic E-state index is 11.3. The second-order valence-electron chi connectivity index (χ2n) is 3.94. The highest BCUT2D eigenvalue weighted by Gasteiger charge is 2.17. The molecule has 1 unspecified atom stereocenters. The minimum Gasteiger partial charge on any atom is -0.461 e. The summed E-state index contributed by atoms with van der Waals surface area (Å²) >= 11 is 0. The van der Waals surface area contributed by atoms with Gasteiger partial charge in [-0.15, -0.1) is 0 Å². The van der Waals surface area contributed by atoms with Gasteiger partial charge >= 0.3 is 5.97 Å². The molecule has 0 aliphatic heterocycles. The molecule has 1 aromatic rings. The molecule has 0 saturated carbocycles. The van der Waals surface area contributed by atoms with Crippen LogP contribution in [-0.4, -0.2) is 35.3 Å². The number of anilines is 1. The summed E-state index contributed by atoms with van der Waals surface area (Å²) in [5.74, 6) is -0.299. The highest BCUT2D eigenvalue weighted by molar-refractivity contribution is 5.87. The van der Waals surface area contributed by atoms with Crippen molar-refractivity contribution in [2.45, 2.75) is 26.8 Å². The van der Waals surface area contributed by atoms with Gasteiger partial charge in [-0.3, -0.25) is 0 Å². The van der Waals surface area contributed by atoms with Gasteiger partial charge in [0.05, 0.1) is 19.3 Å². The molecule has 0 aromatic carbocycles. The second-order valence-corrected chi connectivity index (χ2v) is 3.94. The number of aliphatic hydroxyl groups is 1. The Bertz CT molecular complexity index is 362. The van der Waals surface area contributed by atoms with Crippen LogP contribution < -0.4 is 5.32 Å². The Balaban J connectivity index is 2.64. The van der Waals surface area contributed by atoms with Gasteiger partial charge in [0.25, 0.3) is 6.01 Å². The van der Waals surface area contributed by atoms with E-state index >= 15 is 0 Å². The van der Waals surface area contributed by atoms with Crippen LogP contribution >= 0.6 is 0 Å². The van der Waals surface area contributed by atoms with E-state index in [1.165, 1.54) is 6.26 Å². The lowest BCUT2D eigenvalue weighted by molar-refractivity contribution is 0.0519. The van der Waals surface area contributed by atoms with Gasteiger partial charge in [-0.1, -0.05) is 13.8 Å². The topological polar surface area (TPSA) is 84.6 Å². The molecule has 0 aliphatic carbocycles. The summed E-state index contributed by atoms with van der Waals surface area (Å²) in [5, 5.41) is 12.0. The predicted octanol–water partition coefficient (Wildman–Crippen LogP) is 1.28. The lowest BCUT2D eigenvalue weighted by Gasteiger charge is -2.18. The number of aliphatic hydroxyl groups excluding tert-OH is 1. The summed E-state index contributed by atoms with van der Waals surface area (Å²) in [5.41, 5.74) is 0.120. The molecule has 0 amide bonds. The van der Waals surface area contributed by atoms with E-state index in [-0.39, 0.29) is 30.3 Å². The van der Waals surface area contributed by atoms with Crippen molar-refractivity contribution in [3.8, 4) is 0 Å². The molecule has 1 rings (SSSR count). The number of nitrogens with one attached hydrogen (secondary N) is 1. The number of hydrogen-bond acceptors (Lipinski definition) is 6. The first-order chi connectivity index (χ1) is 8.08. The Morgan fingerprint density at radius 1 is 1.65 bits per heavy atom. The van der Waals surface area contributed by atoms with Crippen molar-refractivity contribution >= 4 is 12.0 Å². The fourth-order valence-corrected chi connectivity index (χ4v) is 1.22. The number of carbonyl (C=O) groups excluding carboxylic acids is 1. The van der Waals surface area contributed by atoms with Crippen molar-refractivity contribution in [3.63, 3.8) is 0 Å². The third kappa shape index (κ3) is 3.74. The van der Waals surface area contributed by atoms with Gasteiger partial charge in [0.1, 0.15) is 6.26 Å². The maximum atomic E-state index is 11.3. The van der Waals surface area contributed by atoms with E-state index in [2.05, 4.69) is 10.3 Å². The number of carbonyl (C=O) groups is 1. The quantitative estimate of drug-likeness (QED) is 0.731. The fraction of sp³-hybridized carbons (Fsp3) is 0.636. The average molecular weight is 242 g/mol. The highest BCUT2D eigenvalue weighted by Crippen LogP contribution is 2.13. The smallest absolute Gasteiger partial charge is 0.360 e. The minimum absolute atomic E-state index is 0.0329. The molecule has 0 saturated heterocycles. The molecular formula is C11H18N2O4. The zero-order valence-corrected chi connectivity index (χ0v) is 10.3. The first-order valence-electron chi connectivity index (χ1n) is 5.58. The van der Waals surface area contributed by atoms with Crippen LogP contribution in [0.1, 0.15) is 31.3 Å². The molecule has 1 heterocycles. The van der Waals surface area contributed by atoms with Crippen LogP contribution in [0.15, 0.2) is 10.7 Å². The van der Waals surface area contributed by atoms with E-state index in [4.69, 9.17) is 14.3 Å². The summed E-state index contributed by atoms with van der Waals surface area (Å²) in [6, 6.07) is 0.0458. The predicted molar refractivity (Wildman–Crippen MR) is 61.8 cm³/mol. The average Bonchev–Trinajstić information content (AvgIpc) is 2.74. The molecule has 0 radical (unpaired) electrons. The van der Waals surface area contributed by atoms with Crippen LogP contribution in [0, 0.1) is 5.92 Å². The summed E-state index contributed by atoms with van der Waals surface area (Å²) in [4.78, 5) is 15.3. The SMILES string of the molecule is CCOC(=O)c1coc(NC(CO)C(C)C)n1. The van der Waals surface area contributed by atoms with Gasteiger partial charge in [-0.2, -0.15) is 4.98 Å². The Kier molecular flexibility index (Phi) is 4.96. The molecular weight excluding hydrogens is 224 g/mol. The minimum atomic E-state index is -0.519. The van der Waals surface area contributed by atoms with Crippen LogP contribution in [0.4, 0.5) is 6.01 Å². The number of nitrogens with zero attached hydrogens (tertiary/aromatic N) is 1. The van der Waals surface area contributed by atoms with Crippen molar-refractivity contribution in [3.05, 3.63) is 12.0 Å². The van der Waals surface area contributed by atoms with Crippen LogP contribution in [-0.2, 0) is 4.74 Å². The molecule has 0 fully saturated rings. The summed E-state index contributed by atoms with van der Waals surface area (Å²) < 4.78 is 9.86. The maximum Gasteiger partial charge on any atom is 0.360 e. The lowest BCUT2D eigenvalue weighted by atomic mass is 10.1. The Morgan fingerprint density at radius 2 is 2.35 bits per heavy atom. The highest BCUT2D eigenvalue weighted by atomic mass is 16.5. The van der Waals surface area contributed by atoms with E-state index in [0.717, 1.165) is 0 Å². The Hall–Kier alpha value is -1.56. The summed E-state index contributed by atoms with van der Waals surface area (Å²) in [6.45, 7) is 5.90. The number of oxazole rings is 1. The lowest BCUT2D eigenvalue weighted by Crippen LogP contribution is -2.29. The standard InChI is InChI=1S/C11H18N2O4/c1-4-16-10(15)9-6-17-11(13-9)12-8(5-14)7(2)3/h6-8,14H,4-5H2,1-3H3,(H,12,13). The molecule has 1 aromatic heterocycles. The van der Waals surface area contributed by atoms with E-state index < -0.39 is 5.97 Å². The van der Waals surface area contributed by atoms with Crippen molar-refractivity contribution < 1.29 is 19.1 Å². The van der Waals surface area contributed by atoms with Gasteiger partial charge in [0.15, 0.2) is 5.69 Å². The first-order valence-corrected chi connectivity index (χ1v) is 5.58. The molecule has 0 aliphatic rings. The second kappa shape index (κ2) is 6.24. The van der Waals surface area contributed by atoms with Crippen LogP contribution in [0.3, 0.4) is 0 Å². The Labute approximate surface area is 100.0 Å². The Morgan fingerprint density at radius 3 is 2.88 bits per heavy atom. The van der Waals surface area contributed by atoms with Gasteiger partial charge in [-0.05, 0) is 12.8 Å². The normalized spacial score (nSPS) is 12.5. The molecule has 6 heteroatoms. The first kappa shape index (κ1) is 13.5. The zero-order valence-electron chi connectivity index (χ0n) is 10.3. The van der Waals surface area contributed by atoms with Crippen LogP contribution in [0.5, 0.6) is 0 Å². The van der Waals surface area contributed by atoms with Gasteiger partial charge in [-0.25, -0.2) is 4.79 Å². The van der Waals surface area contributed by atoms with Gasteiger partial charge in [0.2, 0.25) is 0 Å². The van der Waals surface area contributed by atoms with Gasteiger partial charge in [0, 0.05) is 0 Å². The van der Waals surface area contributed by atoms with Crippen molar-refractivity contribution in [1.82, 2.24) is 4.98 Å². The molecule has 17 heavy (non-hydrogen) atoms. The van der Waals surface area contributed by atoms with E-state index in [1.807, 2.05) is 13.8 Å². The largest absolute Gasteiger partial charge is 0.461 e. The fourth-order valence-electron chi connectivity index (χ4n) is 1.22. The summed E-state index contributed by atoms with van der Waals surface area (Å²) in [6.07, 6.45) is 1.23. The monoisotopic (exact) mass is 242 g/mol. The van der Waals surface area contributed by atoms with Gasteiger partial charge < -0.3 is 19.6 Å². The molecule has 6 nitrogen and oxygen atoms in total. The third-order valence-electron chi connectivity index (χ3n) is 2.30. The molecule has 2 N–H and O–H groups in total. The number of rotatable bonds is 6. The third-order valence-corrected chi connectivity index (χ3v) is 2.30. The van der Waals surface area contributed by atoms with Crippen LogP contribution in [0.2, 0.25) is 0 Å². The molecule has 1 atom stereocenters. The van der Waals surface area contributed by atoms with E-state index in [0.29, 0.717) is 6.61 Å². The number of hydrogen-bond donors (Lipinski definition) is 2. The van der Waals surface area contributed by atoms with Crippen molar-refractivity contribution in [1.29, 1.82) is 0 Å². The van der Waals surface area contributed by atoms with Crippen molar-refractivity contribution in [2.75, 3.05) is 18.5 Å². The van der Waals surface area contributed by atoms with Crippen molar-refractivity contribution in [2.24, 2.45) is 5.92 Å². The molecule has 96 valence electrons.